The topological polar surface area (TPSA) is 52.0 Å². The van der Waals surface area contributed by atoms with Crippen LogP contribution >= 0.6 is 0 Å². The van der Waals surface area contributed by atoms with Crippen molar-refractivity contribution in [2.75, 3.05) is 14.2 Å². The summed E-state index contributed by atoms with van der Waals surface area (Å²) in [4.78, 5) is 4.22. The standard InChI is InChI=1S/C14H20N4O/c1-5-18-13(6-10(2)17-18)14(15-3)11-7-12(19-4)9-16-8-11/h6-9,14-15H,5H2,1-4H3. The number of aryl methyl sites for hydroxylation is 2. The van der Waals surface area contributed by atoms with Crippen LogP contribution in [-0.2, 0) is 6.54 Å². The first kappa shape index (κ1) is 13.5. The van der Waals surface area contributed by atoms with Gasteiger partial charge in [-0.3, -0.25) is 9.67 Å². The Morgan fingerprint density at radius 3 is 2.79 bits per heavy atom. The average Bonchev–Trinajstić information content (AvgIpc) is 2.81. The van der Waals surface area contributed by atoms with E-state index in [1.165, 1.54) is 0 Å². The predicted octanol–water partition coefficient (Wildman–Crippen LogP) is 1.92. The summed E-state index contributed by atoms with van der Waals surface area (Å²) in [6.45, 7) is 4.94. The molecule has 0 aliphatic carbocycles. The van der Waals surface area contributed by atoms with Crippen molar-refractivity contribution in [2.24, 2.45) is 0 Å². The fourth-order valence-corrected chi connectivity index (χ4v) is 2.24. The molecule has 0 saturated heterocycles. The zero-order valence-electron chi connectivity index (χ0n) is 11.8. The van der Waals surface area contributed by atoms with Gasteiger partial charge in [0.2, 0.25) is 0 Å². The van der Waals surface area contributed by atoms with Crippen molar-refractivity contribution in [1.29, 1.82) is 0 Å². The fourth-order valence-electron chi connectivity index (χ4n) is 2.24. The molecule has 1 atom stereocenters. The van der Waals surface area contributed by atoms with E-state index < -0.39 is 0 Å². The average molecular weight is 260 g/mol. The molecule has 19 heavy (non-hydrogen) atoms. The van der Waals surface area contributed by atoms with Crippen LogP contribution in [0.4, 0.5) is 0 Å². The van der Waals surface area contributed by atoms with Gasteiger partial charge in [0.25, 0.3) is 0 Å². The molecular weight excluding hydrogens is 240 g/mol. The van der Waals surface area contributed by atoms with Gasteiger partial charge in [0.1, 0.15) is 5.75 Å². The number of hydrogen-bond donors (Lipinski definition) is 1. The van der Waals surface area contributed by atoms with Crippen LogP contribution in [0.5, 0.6) is 5.75 Å². The smallest absolute Gasteiger partial charge is 0.137 e. The molecule has 0 aliphatic rings. The molecule has 1 unspecified atom stereocenters. The fraction of sp³-hybridized carbons (Fsp3) is 0.429. The van der Waals surface area contributed by atoms with Crippen LogP contribution in [0.1, 0.15) is 29.9 Å². The van der Waals surface area contributed by atoms with Crippen LogP contribution in [0.15, 0.2) is 24.5 Å². The van der Waals surface area contributed by atoms with E-state index in [1.54, 1.807) is 13.3 Å². The Morgan fingerprint density at radius 1 is 1.37 bits per heavy atom. The van der Waals surface area contributed by atoms with Crippen LogP contribution in [0.2, 0.25) is 0 Å². The van der Waals surface area contributed by atoms with E-state index in [4.69, 9.17) is 4.74 Å². The van der Waals surface area contributed by atoms with Gasteiger partial charge in [-0.25, -0.2) is 0 Å². The van der Waals surface area contributed by atoms with Crippen molar-refractivity contribution in [2.45, 2.75) is 26.4 Å². The van der Waals surface area contributed by atoms with E-state index >= 15 is 0 Å². The number of nitrogens with zero attached hydrogens (tertiary/aromatic N) is 3. The highest BCUT2D eigenvalue weighted by Crippen LogP contribution is 2.24. The summed E-state index contributed by atoms with van der Waals surface area (Å²) >= 11 is 0. The number of hydrogen-bond acceptors (Lipinski definition) is 4. The Balaban J connectivity index is 2.43. The van der Waals surface area contributed by atoms with E-state index in [0.717, 1.165) is 29.2 Å². The lowest BCUT2D eigenvalue weighted by Crippen LogP contribution is -2.21. The summed E-state index contributed by atoms with van der Waals surface area (Å²) in [6.07, 6.45) is 3.56. The maximum Gasteiger partial charge on any atom is 0.137 e. The van der Waals surface area contributed by atoms with Gasteiger partial charge < -0.3 is 10.1 Å². The second-order valence-electron chi connectivity index (χ2n) is 4.41. The highest BCUT2D eigenvalue weighted by atomic mass is 16.5. The number of ether oxygens (including phenoxy) is 1. The third-order valence-corrected chi connectivity index (χ3v) is 3.12. The monoisotopic (exact) mass is 260 g/mol. The molecule has 102 valence electrons. The van der Waals surface area contributed by atoms with E-state index in [-0.39, 0.29) is 6.04 Å². The van der Waals surface area contributed by atoms with Gasteiger partial charge in [0.15, 0.2) is 0 Å². The molecule has 0 fully saturated rings. The molecule has 2 aromatic heterocycles. The molecule has 0 amide bonds. The molecule has 0 bridgehead atoms. The van der Waals surface area contributed by atoms with Crippen molar-refractivity contribution in [3.8, 4) is 5.75 Å². The molecule has 5 nitrogen and oxygen atoms in total. The van der Waals surface area contributed by atoms with E-state index in [9.17, 15) is 0 Å². The predicted molar refractivity (Wildman–Crippen MR) is 74.3 cm³/mol. The lowest BCUT2D eigenvalue weighted by atomic mass is 10.1. The number of methoxy groups -OCH3 is 1. The SMILES string of the molecule is CCn1nc(C)cc1C(NC)c1cncc(OC)c1. The second kappa shape index (κ2) is 5.84. The first-order chi connectivity index (χ1) is 9.19. The molecule has 0 spiro atoms. The normalized spacial score (nSPS) is 12.4. The Bertz CT molecular complexity index is 550. The molecule has 5 heteroatoms. The Kier molecular flexibility index (Phi) is 4.16. The third kappa shape index (κ3) is 2.76. The highest BCUT2D eigenvalue weighted by Gasteiger charge is 2.18. The minimum atomic E-state index is 0.0590. The summed E-state index contributed by atoms with van der Waals surface area (Å²) in [5.74, 6) is 0.761. The van der Waals surface area contributed by atoms with Gasteiger partial charge in [0, 0.05) is 12.7 Å². The van der Waals surface area contributed by atoms with Gasteiger partial charge in [0.05, 0.1) is 30.7 Å². The molecular formula is C14H20N4O. The lowest BCUT2D eigenvalue weighted by molar-refractivity contribution is 0.411. The Hall–Kier alpha value is -1.88. The van der Waals surface area contributed by atoms with Crippen molar-refractivity contribution < 1.29 is 4.74 Å². The molecule has 0 radical (unpaired) electrons. The van der Waals surface area contributed by atoms with E-state index in [0.29, 0.717) is 0 Å². The van der Waals surface area contributed by atoms with E-state index in [1.807, 2.05) is 30.9 Å². The minimum absolute atomic E-state index is 0.0590. The maximum absolute atomic E-state index is 5.23. The molecule has 2 aromatic rings. The second-order valence-corrected chi connectivity index (χ2v) is 4.41. The van der Waals surface area contributed by atoms with Crippen LogP contribution in [-0.4, -0.2) is 28.9 Å². The van der Waals surface area contributed by atoms with Crippen LogP contribution < -0.4 is 10.1 Å². The highest BCUT2D eigenvalue weighted by molar-refractivity contribution is 5.32. The zero-order chi connectivity index (χ0) is 13.8. The summed E-state index contributed by atoms with van der Waals surface area (Å²) < 4.78 is 7.24. The van der Waals surface area contributed by atoms with Gasteiger partial charge in [-0.1, -0.05) is 0 Å². The van der Waals surface area contributed by atoms with Gasteiger partial charge in [-0.05, 0) is 38.6 Å². The van der Waals surface area contributed by atoms with Gasteiger partial charge >= 0.3 is 0 Å². The summed E-state index contributed by atoms with van der Waals surface area (Å²) in [7, 11) is 3.59. The number of pyridine rings is 1. The summed E-state index contributed by atoms with van der Waals surface area (Å²) in [5, 5.41) is 7.81. The van der Waals surface area contributed by atoms with Crippen molar-refractivity contribution >= 4 is 0 Å². The van der Waals surface area contributed by atoms with Crippen LogP contribution in [0, 0.1) is 6.92 Å². The molecule has 1 N–H and O–H groups in total. The maximum atomic E-state index is 5.23. The number of rotatable bonds is 5. The van der Waals surface area contributed by atoms with Crippen molar-refractivity contribution in [3.63, 3.8) is 0 Å². The molecule has 0 saturated carbocycles. The summed E-state index contributed by atoms with van der Waals surface area (Å²) in [5.41, 5.74) is 3.22. The van der Waals surface area contributed by atoms with Gasteiger partial charge in [-0.15, -0.1) is 0 Å². The zero-order valence-corrected chi connectivity index (χ0v) is 11.8. The Morgan fingerprint density at radius 2 is 2.16 bits per heavy atom. The molecule has 0 aromatic carbocycles. The molecule has 2 heterocycles. The van der Waals surface area contributed by atoms with Crippen molar-refractivity contribution in [1.82, 2.24) is 20.1 Å². The molecule has 2 rings (SSSR count). The lowest BCUT2D eigenvalue weighted by Gasteiger charge is -2.18. The number of nitrogens with one attached hydrogen (secondary N) is 1. The first-order valence-electron chi connectivity index (χ1n) is 6.40. The number of aromatic nitrogens is 3. The largest absolute Gasteiger partial charge is 0.495 e. The van der Waals surface area contributed by atoms with E-state index in [2.05, 4.69) is 28.4 Å². The summed E-state index contributed by atoms with van der Waals surface area (Å²) in [6, 6.07) is 4.16. The minimum Gasteiger partial charge on any atom is -0.495 e. The van der Waals surface area contributed by atoms with Gasteiger partial charge in [-0.2, -0.15) is 5.10 Å². The molecule has 0 aliphatic heterocycles. The van der Waals surface area contributed by atoms with Crippen molar-refractivity contribution in [3.05, 3.63) is 41.5 Å². The quantitative estimate of drug-likeness (QED) is 0.892. The first-order valence-corrected chi connectivity index (χ1v) is 6.40. The van der Waals surface area contributed by atoms with Crippen LogP contribution in [0.3, 0.4) is 0 Å². The Labute approximate surface area is 113 Å². The van der Waals surface area contributed by atoms with Crippen LogP contribution in [0.25, 0.3) is 0 Å². The third-order valence-electron chi connectivity index (χ3n) is 3.12.